The molecule has 1 aromatic heterocycles. The van der Waals surface area contributed by atoms with Crippen LogP contribution in [0, 0.1) is 9.49 Å². The molecule has 1 saturated carbocycles. The average molecular weight is 451 g/mol. The molecule has 1 amide bonds. The van der Waals surface area contributed by atoms with E-state index in [1.54, 1.807) is 0 Å². The Bertz CT molecular complexity index is 679. The van der Waals surface area contributed by atoms with Gasteiger partial charge in [0.2, 0.25) is 0 Å². The Labute approximate surface area is 161 Å². The van der Waals surface area contributed by atoms with Crippen LogP contribution in [0.25, 0.3) is 0 Å². The predicted molar refractivity (Wildman–Crippen MR) is 106 cm³/mol. The summed E-state index contributed by atoms with van der Waals surface area (Å²) in [6.07, 6.45) is 4.74. The number of aromatic nitrogens is 1. The number of hydrogen-bond donors (Lipinski definition) is 2. The van der Waals surface area contributed by atoms with Gasteiger partial charge < -0.3 is 15.4 Å². The summed E-state index contributed by atoms with van der Waals surface area (Å²) in [7, 11) is 0. The maximum atomic E-state index is 11.8. The highest BCUT2D eigenvalue weighted by molar-refractivity contribution is 14.1. The number of amides is 1. The van der Waals surface area contributed by atoms with Gasteiger partial charge >= 0.3 is 6.09 Å². The third-order valence-electron chi connectivity index (χ3n) is 4.37. The number of pyridine rings is 1. The van der Waals surface area contributed by atoms with Gasteiger partial charge in [0.05, 0.1) is 0 Å². The summed E-state index contributed by atoms with van der Waals surface area (Å²) in [6.45, 7) is 0.964. The van der Waals surface area contributed by atoms with Gasteiger partial charge in [-0.2, -0.15) is 0 Å². The van der Waals surface area contributed by atoms with Gasteiger partial charge in [-0.3, -0.25) is 0 Å². The van der Waals surface area contributed by atoms with Gasteiger partial charge in [0.25, 0.3) is 0 Å². The minimum absolute atomic E-state index is 0.306. The molecule has 6 heteroatoms. The highest BCUT2D eigenvalue weighted by Gasteiger charge is 2.25. The molecule has 3 rings (SSSR count). The molecule has 0 saturated heterocycles. The molecule has 132 valence electrons. The van der Waals surface area contributed by atoms with Crippen molar-refractivity contribution in [1.29, 1.82) is 0 Å². The third-order valence-corrected chi connectivity index (χ3v) is 5.01. The van der Waals surface area contributed by atoms with E-state index in [1.165, 1.54) is 0 Å². The van der Waals surface area contributed by atoms with Gasteiger partial charge in [-0.05, 0) is 65.5 Å². The van der Waals surface area contributed by atoms with E-state index in [-0.39, 0.29) is 6.09 Å². The number of hydrogen-bond acceptors (Lipinski definition) is 4. The second kappa shape index (κ2) is 9.03. The lowest BCUT2D eigenvalue weighted by Crippen LogP contribution is -2.29. The highest BCUT2D eigenvalue weighted by Crippen LogP contribution is 2.27. The Morgan fingerprint density at radius 3 is 2.80 bits per heavy atom. The molecule has 1 aliphatic carbocycles. The first kappa shape index (κ1) is 18.0. The van der Waals surface area contributed by atoms with Crippen LogP contribution in [0.1, 0.15) is 24.8 Å². The fraction of sp³-hybridized carbons (Fsp3) is 0.368. The largest absolute Gasteiger partial charge is 0.445 e. The molecule has 2 N–H and O–H groups in total. The molecular formula is C19H22IN3O2. The summed E-state index contributed by atoms with van der Waals surface area (Å²) in [5.41, 5.74) is 0.993. The second-order valence-electron chi connectivity index (χ2n) is 6.32. The molecule has 5 nitrogen and oxygen atoms in total. The van der Waals surface area contributed by atoms with Crippen molar-refractivity contribution in [1.82, 2.24) is 10.3 Å². The lowest BCUT2D eigenvalue weighted by atomic mass is 10.1. The molecule has 2 aromatic rings. The van der Waals surface area contributed by atoms with Crippen LogP contribution in [0.15, 0.2) is 48.7 Å². The van der Waals surface area contributed by atoms with Gasteiger partial charge in [-0.15, -0.1) is 0 Å². The van der Waals surface area contributed by atoms with Crippen LogP contribution in [0.5, 0.6) is 0 Å². The van der Waals surface area contributed by atoms with Gasteiger partial charge in [0.1, 0.15) is 12.4 Å². The van der Waals surface area contributed by atoms with Crippen LogP contribution < -0.4 is 10.6 Å². The molecule has 0 unspecified atom stereocenters. The number of carbonyl (C=O) groups excluding carboxylic acids is 1. The number of alkyl carbamates (subject to hydrolysis) is 1. The molecule has 0 bridgehead atoms. The van der Waals surface area contributed by atoms with Crippen LogP contribution in [0.4, 0.5) is 10.6 Å². The first-order valence-corrected chi connectivity index (χ1v) is 9.59. The monoisotopic (exact) mass is 451 g/mol. The number of rotatable bonds is 6. The van der Waals surface area contributed by atoms with Crippen LogP contribution in [-0.4, -0.2) is 23.7 Å². The van der Waals surface area contributed by atoms with Crippen LogP contribution >= 0.6 is 22.6 Å². The molecule has 0 spiro atoms. The molecule has 1 aliphatic rings. The summed E-state index contributed by atoms with van der Waals surface area (Å²) in [5.74, 6) is 1.40. The van der Waals surface area contributed by atoms with E-state index in [4.69, 9.17) is 4.74 Å². The molecule has 0 aliphatic heterocycles. The Balaban J connectivity index is 1.35. The molecular weight excluding hydrogens is 429 g/mol. The Morgan fingerprint density at radius 2 is 2.04 bits per heavy atom. The predicted octanol–water partition coefficient (Wildman–Crippen LogP) is 4.19. The molecule has 1 fully saturated rings. The number of nitrogens with one attached hydrogen (secondary N) is 2. The van der Waals surface area contributed by atoms with Crippen molar-refractivity contribution in [2.45, 2.75) is 31.9 Å². The minimum Gasteiger partial charge on any atom is -0.445 e. The summed E-state index contributed by atoms with van der Waals surface area (Å²) in [6, 6.07) is 14.2. The van der Waals surface area contributed by atoms with E-state index in [0.717, 1.165) is 34.2 Å². The number of nitrogens with zero attached hydrogens (tertiary/aromatic N) is 1. The smallest absolute Gasteiger partial charge is 0.407 e. The summed E-state index contributed by atoms with van der Waals surface area (Å²) in [4.78, 5) is 16.2. The quantitative estimate of drug-likeness (QED) is 0.647. The molecule has 1 aromatic carbocycles. The summed E-state index contributed by atoms with van der Waals surface area (Å²) in [5, 5.41) is 6.36. The van der Waals surface area contributed by atoms with E-state index in [9.17, 15) is 4.79 Å². The van der Waals surface area contributed by atoms with Crippen molar-refractivity contribution in [2.24, 2.45) is 5.92 Å². The zero-order valence-electron chi connectivity index (χ0n) is 14.0. The van der Waals surface area contributed by atoms with Crippen molar-refractivity contribution in [3.8, 4) is 0 Å². The van der Waals surface area contributed by atoms with Crippen LogP contribution in [-0.2, 0) is 11.3 Å². The van der Waals surface area contributed by atoms with Crippen LogP contribution in [0.2, 0.25) is 0 Å². The van der Waals surface area contributed by atoms with Gasteiger partial charge in [0, 0.05) is 22.4 Å². The maximum absolute atomic E-state index is 11.8. The lowest BCUT2D eigenvalue weighted by molar-refractivity contribution is 0.138. The summed E-state index contributed by atoms with van der Waals surface area (Å²) < 4.78 is 6.38. The van der Waals surface area contributed by atoms with E-state index in [2.05, 4.69) is 38.2 Å². The van der Waals surface area contributed by atoms with Crippen LogP contribution in [0.3, 0.4) is 0 Å². The van der Waals surface area contributed by atoms with E-state index in [1.807, 2.05) is 48.7 Å². The van der Waals surface area contributed by atoms with Crippen molar-refractivity contribution in [3.63, 3.8) is 0 Å². The zero-order chi connectivity index (χ0) is 17.5. The van der Waals surface area contributed by atoms with Gasteiger partial charge in [-0.1, -0.05) is 30.3 Å². The van der Waals surface area contributed by atoms with Crippen molar-refractivity contribution in [2.75, 3.05) is 11.9 Å². The number of halogens is 1. The standard InChI is InChI=1S/C19H22IN3O2/c20-16-7-9-18(21-12-16)23-17-8-6-15(10-17)11-22-19(24)25-13-14-4-2-1-3-5-14/h1-5,7,9,12,15,17H,6,8,10-11,13H2,(H,21,23)(H,22,24)/t15-,17+/m1/s1. The second-order valence-corrected chi connectivity index (χ2v) is 7.57. The Morgan fingerprint density at radius 1 is 1.20 bits per heavy atom. The SMILES string of the molecule is O=C(NC[C@@H]1CC[C@H](Nc2ccc(I)cn2)C1)OCc1ccccc1. The normalized spacial score (nSPS) is 19.4. The van der Waals surface area contributed by atoms with Crippen molar-refractivity contribution >= 4 is 34.5 Å². The molecule has 2 atom stereocenters. The first-order valence-electron chi connectivity index (χ1n) is 8.51. The average Bonchev–Trinajstić information content (AvgIpc) is 3.08. The minimum atomic E-state index is -0.348. The third kappa shape index (κ3) is 5.88. The van der Waals surface area contributed by atoms with Crippen molar-refractivity contribution < 1.29 is 9.53 Å². The summed E-state index contributed by atoms with van der Waals surface area (Å²) >= 11 is 2.25. The van der Waals surface area contributed by atoms with E-state index in [0.29, 0.717) is 25.1 Å². The number of benzene rings is 1. The first-order chi connectivity index (χ1) is 12.2. The Hall–Kier alpha value is -1.83. The number of anilines is 1. The Kier molecular flexibility index (Phi) is 6.49. The topological polar surface area (TPSA) is 63.2 Å². The fourth-order valence-electron chi connectivity index (χ4n) is 3.06. The number of ether oxygens (including phenoxy) is 1. The maximum Gasteiger partial charge on any atom is 0.407 e. The van der Waals surface area contributed by atoms with Gasteiger partial charge in [-0.25, -0.2) is 9.78 Å². The lowest BCUT2D eigenvalue weighted by Gasteiger charge is -2.14. The van der Waals surface area contributed by atoms with E-state index >= 15 is 0 Å². The van der Waals surface area contributed by atoms with Gasteiger partial charge in [0.15, 0.2) is 0 Å². The number of carbonyl (C=O) groups is 1. The highest BCUT2D eigenvalue weighted by atomic mass is 127. The van der Waals surface area contributed by atoms with E-state index < -0.39 is 0 Å². The zero-order valence-corrected chi connectivity index (χ0v) is 16.1. The molecule has 0 radical (unpaired) electrons. The van der Waals surface area contributed by atoms with Crippen molar-refractivity contribution in [3.05, 3.63) is 57.8 Å². The molecule has 25 heavy (non-hydrogen) atoms. The molecule has 1 heterocycles. The fourth-order valence-corrected chi connectivity index (χ4v) is 3.38.